The van der Waals surface area contributed by atoms with Gasteiger partial charge in [0.25, 0.3) is 6.20 Å². The van der Waals surface area contributed by atoms with Crippen LogP contribution in [0, 0.1) is 0 Å². The fourth-order valence-electron chi connectivity index (χ4n) is 2.79. The first-order valence-corrected chi connectivity index (χ1v) is 10.2. The molecule has 0 aliphatic carbocycles. The third-order valence-electron chi connectivity index (χ3n) is 4.21. The van der Waals surface area contributed by atoms with Crippen molar-refractivity contribution in [3.05, 3.63) is 66.9 Å². The summed E-state index contributed by atoms with van der Waals surface area (Å²) in [5, 5.41) is 18.4. The maximum atomic E-state index is 12.3. The summed E-state index contributed by atoms with van der Waals surface area (Å²) in [6, 6.07) is 19.9. The highest BCUT2D eigenvalue weighted by atomic mass is 32.2. The molecule has 0 radical (unpaired) electrons. The van der Waals surface area contributed by atoms with Crippen molar-refractivity contribution < 1.29 is 14.4 Å². The molecular formula is C21H20N6O2S. The SMILES string of the molecule is CN(C)[n+]1cc(/N=C(/[O-])CSc2nc(-c3ccccc3)c(-c3ccccc3)[nH]2)on1. The standard InChI is InChI=1S/C21H20N6O2S/c1-26(2)27-13-18(29-25-27)22-17(28)14-30-21-23-19(15-9-5-3-6-10-15)20(24-21)16-11-7-4-8-12-16/h3-13H,14H2,1-2H3,(H-,22,23,24,25,28). The fraction of sp³-hybridized carbons (Fsp3) is 0.143. The first-order valence-electron chi connectivity index (χ1n) is 9.24. The first-order chi connectivity index (χ1) is 14.6. The van der Waals surface area contributed by atoms with Crippen LogP contribution in [0.25, 0.3) is 22.5 Å². The number of H-pyrrole nitrogens is 1. The lowest BCUT2D eigenvalue weighted by Crippen LogP contribution is -2.53. The summed E-state index contributed by atoms with van der Waals surface area (Å²) >= 11 is 1.30. The molecule has 0 unspecified atom stereocenters. The molecule has 30 heavy (non-hydrogen) atoms. The van der Waals surface area contributed by atoms with Crippen molar-refractivity contribution in [2.24, 2.45) is 4.99 Å². The minimum absolute atomic E-state index is 0.124. The lowest BCUT2D eigenvalue weighted by atomic mass is 10.1. The molecule has 4 aromatic rings. The first kappa shape index (κ1) is 19.7. The lowest BCUT2D eigenvalue weighted by Gasteiger charge is -2.06. The van der Waals surface area contributed by atoms with Crippen LogP contribution in [0.15, 0.2) is 81.5 Å². The van der Waals surface area contributed by atoms with Crippen LogP contribution in [-0.2, 0) is 0 Å². The molecule has 152 valence electrons. The number of nitrogens with one attached hydrogen (secondary N) is 1. The average Bonchev–Trinajstić information content (AvgIpc) is 3.41. The zero-order chi connectivity index (χ0) is 20.9. The average molecular weight is 420 g/mol. The van der Waals surface area contributed by atoms with Crippen LogP contribution in [0.1, 0.15) is 0 Å². The van der Waals surface area contributed by atoms with Gasteiger partial charge in [0.15, 0.2) is 5.16 Å². The molecule has 0 saturated carbocycles. The van der Waals surface area contributed by atoms with Gasteiger partial charge in [-0.05, 0) is 5.90 Å². The third-order valence-corrected chi connectivity index (χ3v) is 5.07. The Morgan fingerprint density at radius 1 is 1.10 bits per heavy atom. The van der Waals surface area contributed by atoms with Crippen molar-refractivity contribution in [3.8, 4) is 22.5 Å². The number of benzene rings is 2. The van der Waals surface area contributed by atoms with Crippen molar-refractivity contribution >= 4 is 23.5 Å². The zero-order valence-electron chi connectivity index (χ0n) is 16.5. The molecule has 4 rings (SSSR count). The maximum Gasteiger partial charge on any atom is 0.324 e. The van der Waals surface area contributed by atoms with E-state index in [1.807, 2.05) is 60.7 Å². The Hall–Kier alpha value is -3.59. The van der Waals surface area contributed by atoms with Crippen molar-refractivity contribution in [2.75, 3.05) is 24.9 Å². The summed E-state index contributed by atoms with van der Waals surface area (Å²) in [6.07, 6.45) is 1.54. The maximum absolute atomic E-state index is 12.3. The van der Waals surface area contributed by atoms with Gasteiger partial charge < -0.3 is 10.1 Å². The van der Waals surface area contributed by atoms with Gasteiger partial charge in [0.1, 0.15) is 0 Å². The molecule has 0 aliphatic rings. The van der Waals surface area contributed by atoms with E-state index in [2.05, 4.69) is 15.2 Å². The Kier molecular flexibility index (Phi) is 5.80. The summed E-state index contributed by atoms with van der Waals surface area (Å²) in [5.41, 5.74) is 3.79. The van der Waals surface area contributed by atoms with Crippen molar-refractivity contribution in [1.82, 2.24) is 15.2 Å². The van der Waals surface area contributed by atoms with Gasteiger partial charge in [-0.25, -0.2) is 9.98 Å². The van der Waals surface area contributed by atoms with E-state index in [1.54, 1.807) is 19.1 Å². The molecule has 0 spiro atoms. The monoisotopic (exact) mass is 420 g/mol. The van der Waals surface area contributed by atoms with E-state index in [4.69, 9.17) is 9.51 Å². The van der Waals surface area contributed by atoms with Gasteiger partial charge in [0.2, 0.25) is 5.27 Å². The molecule has 2 heterocycles. The highest BCUT2D eigenvalue weighted by molar-refractivity contribution is 7.99. The number of hydrogen-bond donors (Lipinski definition) is 1. The summed E-state index contributed by atoms with van der Waals surface area (Å²) in [4.78, 5) is 13.5. The van der Waals surface area contributed by atoms with E-state index >= 15 is 0 Å². The van der Waals surface area contributed by atoms with E-state index in [-0.39, 0.29) is 17.5 Å². The molecule has 0 amide bonds. The second-order valence-corrected chi connectivity index (χ2v) is 7.56. The molecule has 0 aliphatic heterocycles. The Bertz CT molecular complexity index is 1080. The van der Waals surface area contributed by atoms with Gasteiger partial charge >= 0.3 is 5.88 Å². The number of nitrogens with zero attached hydrogens (tertiary/aromatic N) is 5. The van der Waals surface area contributed by atoms with Crippen LogP contribution in [0.4, 0.5) is 5.88 Å². The highest BCUT2D eigenvalue weighted by Crippen LogP contribution is 2.32. The summed E-state index contributed by atoms with van der Waals surface area (Å²) in [6.45, 7) is 0. The molecule has 0 fully saturated rings. The van der Waals surface area contributed by atoms with Gasteiger partial charge in [-0.2, -0.15) is 5.01 Å². The summed E-state index contributed by atoms with van der Waals surface area (Å²) in [7, 11) is 3.60. The van der Waals surface area contributed by atoms with Crippen LogP contribution < -0.4 is 14.9 Å². The van der Waals surface area contributed by atoms with Gasteiger partial charge in [-0.15, -0.1) is 0 Å². The van der Waals surface area contributed by atoms with Crippen LogP contribution in [0.5, 0.6) is 0 Å². The van der Waals surface area contributed by atoms with Crippen molar-refractivity contribution in [1.29, 1.82) is 0 Å². The molecule has 0 atom stereocenters. The molecule has 2 aromatic carbocycles. The van der Waals surface area contributed by atoms with Crippen LogP contribution in [0.2, 0.25) is 0 Å². The number of imidazole rings is 1. The largest absolute Gasteiger partial charge is 0.861 e. The van der Waals surface area contributed by atoms with Gasteiger partial charge in [0, 0.05) is 16.9 Å². The second kappa shape index (κ2) is 8.83. The van der Waals surface area contributed by atoms with Gasteiger partial charge in [-0.3, -0.25) is 4.52 Å². The zero-order valence-corrected chi connectivity index (χ0v) is 17.3. The molecule has 0 saturated heterocycles. The van der Waals surface area contributed by atoms with Gasteiger partial charge in [-0.1, -0.05) is 72.4 Å². The molecule has 9 heteroatoms. The Morgan fingerprint density at radius 3 is 2.40 bits per heavy atom. The van der Waals surface area contributed by atoms with Crippen molar-refractivity contribution in [3.63, 3.8) is 0 Å². The lowest BCUT2D eigenvalue weighted by molar-refractivity contribution is -0.753. The topological polar surface area (TPSA) is 97.2 Å². The predicted molar refractivity (Wildman–Crippen MR) is 114 cm³/mol. The minimum atomic E-state index is -0.332. The number of aliphatic imine (C=N–C) groups is 1. The van der Waals surface area contributed by atoms with Crippen LogP contribution in [-0.4, -0.2) is 41.0 Å². The molecular weight excluding hydrogens is 400 g/mol. The Labute approximate surface area is 177 Å². The number of hydrogen-bond acceptors (Lipinski definition) is 7. The quantitative estimate of drug-likeness (QED) is 0.213. The highest BCUT2D eigenvalue weighted by Gasteiger charge is 2.15. The fourth-order valence-corrected chi connectivity index (χ4v) is 3.45. The number of aromatic amines is 1. The van der Waals surface area contributed by atoms with E-state index in [1.165, 1.54) is 22.7 Å². The van der Waals surface area contributed by atoms with Crippen LogP contribution in [0.3, 0.4) is 0 Å². The van der Waals surface area contributed by atoms with Crippen LogP contribution >= 0.6 is 11.8 Å². The second-order valence-electron chi connectivity index (χ2n) is 6.60. The smallest absolute Gasteiger partial charge is 0.324 e. The van der Waals surface area contributed by atoms with E-state index in [0.717, 1.165) is 22.5 Å². The van der Waals surface area contributed by atoms with E-state index in [9.17, 15) is 5.11 Å². The number of aromatic nitrogens is 4. The minimum Gasteiger partial charge on any atom is -0.861 e. The molecule has 1 N–H and O–H groups in total. The molecule has 8 nitrogen and oxygen atoms in total. The molecule has 2 aromatic heterocycles. The Balaban J connectivity index is 1.56. The molecule has 0 bridgehead atoms. The normalized spacial score (nSPS) is 11.6. The van der Waals surface area contributed by atoms with Gasteiger partial charge in [0.05, 0.1) is 30.3 Å². The predicted octanol–water partition coefficient (Wildman–Crippen LogP) is 2.40. The summed E-state index contributed by atoms with van der Waals surface area (Å²) < 4.78 is 5.04. The number of thioether (sulfide) groups is 1. The Morgan fingerprint density at radius 2 is 1.77 bits per heavy atom. The third kappa shape index (κ3) is 4.52. The summed E-state index contributed by atoms with van der Waals surface area (Å²) in [5.74, 6) is -0.0526. The van der Waals surface area contributed by atoms with E-state index in [0.29, 0.717) is 5.16 Å². The van der Waals surface area contributed by atoms with Crippen molar-refractivity contribution in [2.45, 2.75) is 5.16 Å². The number of rotatable bonds is 7. The van der Waals surface area contributed by atoms with E-state index < -0.39 is 0 Å².